The summed E-state index contributed by atoms with van der Waals surface area (Å²) in [5, 5.41) is 80.8. The van der Waals surface area contributed by atoms with Crippen LogP contribution in [0.4, 0.5) is 17.8 Å². The summed E-state index contributed by atoms with van der Waals surface area (Å²) in [6.07, 6.45) is 16.9. The summed E-state index contributed by atoms with van der Waals surface area (Å²) in [5.41, 5.74) is 16.7. The van der Waals surface area contributed by atoms with Crippen LogP contribution in [0.3, 0.4) is 0 Å². The van der Waals surface area contributed by atoms with Gasteiger partial charge in [-0.05, 0) is 134 Å². The number of anilines is 3. The molecule has 0 radical (unpaired) electrons. The number of carbonyl (C=O) groups is 12. The van der Waals surface area contributed by atoms with E-state index < -0.39 is 42.1 Å². The molecule has 20 N–H and O–H groups in total. The highest BCUT2D eigenvalue weighted by atomic mass is 16.4. The molecule has 3 heterocycles. The van der Waals surface area contributed by atoms with Crippen LogP contribution >= 0.6 is 0 Å². The summed E-state index contributed by atoms with van der Waals surface area (Å²) in [6, 6.07) is 46.7. The number of carbonyl (C=O) groups excluding carboxylic acids is 9. The largest absolute Gasteiger partial charge is 0.481 e. The predicted molar refractivity (Wildman–Crippen MR) is 479 cm³/mol. The first-order valence-corrected chi connectivity index (χ1v) is 42.5. The number of benzene rings is 5. The maximum absolute atomic E-state index is 13.1. The minimum Gasteiger partial charge on any atom is -0.481 e. The minimum atomic E-state index is -0.962. The lowest BCUT2D eigenvalue weighted by Gasteiger charge is -2.19. The number of aromatic amines is 1. The number of unbranched alkanes of at least 4 members (excludes halogenated alkanes) is 4. The van der Waals surface area contributed by atoms with Crippen LogP contribution in [-0.4, -0.2) is 209 Å². The lowest BCUT2D eigenvalue weighted by Crippen LogP contribution is -2.48. The van der Waals surface area contributed by atoms with E-state index in [-0.39, 0.29) is 136 Å². The zero-order chi connectivity index (χ0) is 92.4. The second kappa shape index (κ2) is 64.1. The van der Waals surface area contributed by atoms with Gasteiger partial charge in [0.2, 0.25) is 71.0 Å². The van der Waals surface area contributed by atoms with Crippen LogP contribution in [0.5, 0.6) is 0 Å². The third-order valence-electron chi connectivity index (χ3n) is 18.5. The number of H-pyrrole nitrogens is 1. The Morgan fingerprint density at radius 2 is 0.695 bits per heavy atom. The van der Waals surface area contributed by atoms with Crippen molar-refractivity contribution in [3.05, 3.63) is 205 Å². The molecule has 4 atom stereocenters. The summed E-state index contributed by atoms with van der Waals surface area (Å²) in [7, 11) is 0. The molecule has 9 amide bonds. The van der Waals surface area contributed by atoms with Gasteiger partial charge in [-0.1, -0.05) is 151 Å². The van der Waals surface area contributed by atoms with Gasteiger partial charge in [0.25, 0.3) is 5.95 Å². The Kier molecular flexibility index (Phi) is 52.0. The lowest BCUT2D eigenvalue weighted by molar-refractivity contribution is -0.138. The maximum Gasteiger partial charge on any atom is 0.303 e. The van der Waals surface area contributed by atoms with E-state index in [1.165, 1.54) is 0 Å². The van der Waals surface area contributed by atoms with Gasteiger partial charge in [0, 0.05) is 148 Å². The molecule has 8 rings (SSSR count). The highest BCUT2D eigenvalue weighted by Crippen LogP contribution is 2.21. The van der Waals surface area contributed by atoms with Crippen molar-refractivity contribution in [3.8, 4) is 17.3 Å². The SMILES string of the molecule is N#CNC(N)=NCCCCNC(=O)[C@@H](Cc1ccccc1)NC(=O)CCCC(=O)O.NCCCCNC(=O)[C@H](Cc1ccccc1)NC(=O)CCCC(=O)O.O=C(CCCC(=O)N[C@@H](Cc1ccc(-c2ccccc2)cc1)C(=O)NCCCCNc1ncccn1)Nc1nn[nH]n1.O=C(O)CCCC(=O)N[C@@H](Cc1ccccc1)C(=O)NCCCCNc1ncccn1. The molecule has 5 aromatic carbocycles. The fourth-order valence-electron chi connectivity index (χ4n) is 12.0. The molecular formula is C89H118N24O15. The second-order valence-corrected chi connectivity index (χ2v) is 29.0. The topological polar surface area (TPSA) is 604 Å². The summed E-state index contributed by atoms with van der Waals surface area (Å²) in [4.78, 5) is 164. The van der Waals surface area contributed by atoms with Gasteiger partial charge >= 0.3 is 17.9 Å². The summed E-state index contributed by atoms with van der Waals surface area (Å²) < 4.78 is 0. The monoisotopic (exact) mass is 1760 g/mol. The van der Waals surface area contributed by atoms with E-state index in [1.807, 2.05) is 146 Å². The fourth-order valence-corrected chi connectivity index (χ4v) is 12.0. The van der Waals surface area contributed by atoms with Gasteiger partial charge in [-0.2, -0.15) is 10.5 Å². The third kappa shape index (κ3) is 49.0. The number of tetrazole rings is 1. The van der Waals surface area contributed by atoms with E-state index in [4.69, 9.17) is 32.0 Å². The van der Waals surface area contributed by atoms with Crippen molar-refractivity contribution < 1.29 is 72.9 Å². The first-order chi connectivity index (χ1) is 62.0. The van der Waals surface area contributed by atoms with Gasteiger partial charge in [0.15, 0.2) is 6.19 Å². The van der Waals surface area contributed by atoms with Crippen molar-refractivity contribution in [2.45, 2.75) is 178 Å². The van der Waals surface area contributed by atoms with Crippen LogP contribution in [0.1, 0.15) is 151 Å². The average Bonchev–Trinajstić information content (AvgIpc) is 1.05. The van der Waals surface area contributed by atoms with Crippen LogP contribution in [0, 0.1) is 11.5 Å². The zero-order valence-electron chi connectivity index (χ0n) is 71.7. The summed E-state index contributed by atoms with van der Waals surface area (Å²) >= 11 is 0. The Hall–Kier alpha value is -14.7. The molecule has 0 spiro atoms. The van der Waals surface area contributed by atoms with Crippen molar-refractivity contribution in [1.29, 1.82) is 5.26 Å². The Morgan fingerprint density at radius 3 is 1.04 bits per heavy atom. The van der Waals surface area contributed by atoms with E-state index in [0.717, 1.165) is 71.9 Å². The molecule has 0 aliphatic carbocycles. The third-order valence-corrected chi connectivity index (χ3v) is 18.5. The van der Waals surface area contributed by atoms with Crippen LogP contribution in [0.15, 0.2) is 188 Å². The molecule has 128 heavy (non-hydrogen) atoms. The second-order valence-electron chi connectivity index (χ2n) is 29.0. The van der Waals surface area contributed by atoms with E-state index in [2.05, 4.69) is 109 Å². The number of aliphatic imine (C=N–C) groups is 1. The van der Waals surface area contributed by atoms with Crippen molar-refractivity contribution in [2.24, 2.45) is 16.5 Å². The van der Waals surface area contributed by atoms with Crippen molar-refractivity contribution >= 4 is 94.9 Å². The van der Waals surface area contributed by atoms with Crippen LogP contribution in [-0.2, 0) is 83.2 Å². The average molecular weight is 1760 g/mol. The Balaban J connectivity index is 0.000000308. The van der Waals surface area contributed by atoms with Gasteiger partial charge in [0.1, 0.15) is 24.2 Å². The first kappa shape index (κ1) is 104. The normalized spacial score (nSPS) is 11.5. The van der Waals surface area contributed by atoms with Crippen LogP contribution in [0.25, 0.3) is 11.1 Å². The maximum atomic E-state index is 13.1. The molecule has 0 fully saturated rings. The number of aromatic nitrogens is 8. The standard InChI is InChI=1S/C29H34N10O3.C22H29N5O4.C20H28N6O4.C18H27N3O4/c40-25(10-6-11-26(41)35-29-36-38-39-37-29)34-24(20-21-12-14-23(15-13-21)22-8-2-1-3-9-22)27(42)30-16-4-5-17-31-28-32-18-7-19-33-28;28-19(10-6-11-20(29)30)27-18(16-17-8-2-1-3-9-17)21(31)23-12-4-5-13-24-22-25-14-7-15-26-22;21-14-25-20(22)24-12-5-4-11-23-19(30)16(13-15-7-2-1-3-8-15)26-17(27)9-6-10-18(28)29;19-11-4-5-12-20-18(25)15(13-14-7-2-1-3-8-14)21-16(22)9-6-10-17(23)24/h1-3,7-9,12-15,18-19,24H,4-6,10-11,16-17,20H2,(H,30,42)(H,34,40)(H,31,32,33)(H2,35,36,37,38,39,41);1-3,7-9,14-15,18H,4-6,10-13,16H2,(H,23,31)(H,27,28)(H,29,30)(H,24,25,26);1-3,7-8,16H,4-6,9-13H2,(H,23,30)(H,26,27)(H,28,29)(H3,22,24,25);1-3,7-8,15H,4-6,9-13,19H2,(H,20,25)(H,21,22)(H,23,24)/t24-;18-;16-;15-/m0010/s1. The Bertz CT molecular complexity index is 4650. The van der Waals surface area contributed by atoms with Gasteiger partial charge in [-0.25, -0.2) is 19.9 Å². The molecule has 0 unspecified atom stereocenters. The number of nitriles is 1. The number of aliphatic carboxylic acids is 3. The first-order valence-electron chi connectivity index (χ1n) is 42.5. The Labute approximate surface area is 743 Å². The molecule has 0 bridgehead atoms. The Morgan fingerprint density at radius 1 is 0.375 bits per heavy atom. The van der Waals surface area contributed by atoms with E-state index in [9.17, 15) is 57.5 Å². The van der Waals surface area contributed by atoms with E-state index in [0.29, 0.717) is 109 Å². The number of guanidine groups is 1. The number of nitrogens with zero attached hydrogens (tertiary/aromatic N) is 9. The highest BCUT2D eigenvalue weighted by Gasteiger charge is 2.26. The number of nitrogens with one attached hydrogen (secondary N) is 13. The molecular weight excluding hydrogens is 1650 g/mol. The molecule has 8 aromatic rings. The number of amides is 9. The number of carboxylic acids is 3. The number of rotatable bonds is 55. The zero-order valence-corrected chi connectivity index (χ0v) is 71.7. The van der Waals surface area contributed by atoms with Crippen LogP contribution < -0.4 is 75.3 Å². The van der Waals surface area contributed by atoms with Gasteiger partial charge in [0.05, 0.1) is 0 Å². The molecule has 39 heteroatoms. The molecule has 0 aliphatic heterocycles. The number of nitrogens with two attached hydrogens (primary N) is 2. The van der Waals surface area contributed by atoms with Crippen molar-refractivity contribution in [2.75, 3.05) is 68.3 Å². The minimum absolute atomic E-state index is 0.0427. The predicted octanol–water partition coefficient (Wildman–Crippen LogP) is 5.34. The number of carboxylic acid groups (broad SMARTS) is 3. The summed E-state index contributed by atoms with van der Waals surface area (Å²) in [6.45, 7) is 4.22. The molecule has 39 nitrogen and oxygen atoms in total. The van der Waals surface area contributed by atoms with Gasteiger partial charge < -0.3 is 80.0 Å². The van der Waals surface area contributed by atoms with Gasteiger partial charge in [-0.15, -0.1) is 5.10 Å². The van der Waals surface area contributed by atoms with Gasteiger partial charge in [-0.3, -0.25) is 73.2 Å². The molecule has 0 aliphatic rings. The number of hydrogen-bond acceptors (Lipinski definition) is 24. The van der Waals surface area contributed by atoms with Crippen molar-refractivity contribution in [1.82, 2.24) is 88.4 Å². The quantitative estimate of drug-likeness (QED) is 0.00751. The molecule has 3 aromatic heterocycles. The smallest absolute Gasteiger partial charge is 0.303 e. The van der Waals surface area contributed by atoms with E-state index >= 15 is 0 Å². The molecule has 684 valence electrons. The van der Waals surface area contributed by atoms with Crippen molar-refractivity contribution in [3.63, 3.8) is 0 Å². The van der Waals surface area contributed by atoms with E-state index in [1.54, 1.807) is 43.1 Å². The summed E-state index contributed by atoms with van der Waals surface area (Å²) in [5.74, 6) is -4.30. The lowest BCUT2D eigenvalue weighted by atomic mass is 10.00. The molecule has 0 saturated heterocycles. The number of hydrogen-bond donors (Lipinski definition) is 18. The highest BCUT2D eigenvalue weighted by molar-refractivity contribution is 5.92. The van der Waals surface area contributed by atoms with Crippen LogP contribution in [0.2, 0.25) is 0 Å². The molecule has 0 saturated carbocycles. The fraction of sp³-hybridized carbons (Fsp3) is 0.404.